The Morgan fingerprint density at radius 3 is 2.47 bits per heavy atom. The molecule has 1 unspecified atom stereocenters. The Bertz CT molecular complexity index is 1000. The van der Waals surface area contributed by atoms with E-state index in [9.17, 15) is 14.7 Å². The fraction of sp³-hybridized carbons (Fsp3) is 0.350. The summed E-state index contributed by atoms with van der Waals surface area (Å²) in [6, 6.07) is 4.20. The van der Waals surface area contributed by atoms with Crippen LogP contribution in [-0.4, -0.2) is 65.1 Å². The van der Waals surface area contributed by atoms with E-state index in [2.05, 4.69) is 16.8 Å². The maximum absolute atomic E-state index is 12.2. The lowest BCUT2D eigenvalue weighted by Gasteiger charge is -2.21. The third-order valence-corrected chi connectivity index (χ3v) is 4.24. The molecule has 10 nitrogen and oxygen atoms in total. The Hall–Kier alpha value is -3.55. The number of nitrogens with two attached hydrogens (primary N) is 1. The summed E-state index contributed by atoms with van der Waals surface area (Å²) in [6.45, 7) is 0.400. The quantitative estimate of drug-likeness (QED) is 0.435. The molecule has 1 aromatic heterocycles. The number of nitrogens with zero attached hydrogens (tertiary/aromatic N) is 3. The number of carbonyl (C=O) groups is 2. The van der Waals surface area contributed by atoms with Crippen molar-refractivity contribution in [1.29, 1.82) is 0 Å². The van der Waals surface area contributed by atoms with E-state index < -0.39 is 18.7 Å². The number of imidazole rings is 1. The predicted molar refractivity (Wildman–Crippen MR) is 109 cm³/mol. The average molecular weight is 416 g/mol. The first-order valence-corrected chi connectivity index (χ1v) is 8.91. The number of amides is 2. The molecular weight excluding hydrogens is 392 g/mol. The normalized spacial score (nSPS) is 11.3. The van der Waals surface area contributed by atoms with Crippen LogP contribution >= 0.6 is 0 Å². The van der Waals surface area contributed by atoms with Gasteiger partial charge in [0.05, 0.1) is 33.5 Å². The van der Waals surface area contributed by atoms with E-state index in [4.69, 9.17) is 20.3 Å². The summed E-state index contributed by atoms with van der Waals surface area (Å²) in [5, 5.41) is 18.8. The lowest BCUT2D eigenvalue weighted by Crippen LogP contribution is -2.43. The fourth-order valence-electron chi connectivity index (χ4n) is 2.77. The molecule has 0 saturated heterocycles. The van der Waals surface area contributed by atoms with E-state index in [0.29, 0.717) is 17.1 Å². The molecule has 1 heterocycles. The van der Waals surface area contributed by atoms with Crippen LogP contribution in [0.1, 0.15) is 28.8 Å². The van der Waals surface area contributed by atoms with E-state index >= 15 is 0 Å². The molecule has 0 spiro atoms. The van der Waals surface area contributed by atoms with Crippen molar-refractivity contribution >= 4 is 17.6 Å². The van der Waals surface area contributed by atoms with Gasteiger partial charge in [-0.25, -0.2) is 9.78 Å². The number of aliphatic hydroxyl groups excluding tert-OH is 2. The molecule has 0 aliphatic rings. The number of rotatable bonds is 7. The zero-order valence-corrected chi connectivity index (χ0v) is 17.2. The van der Waals surface area contributed by atoms with Gasteiger partial charge in [-0.15, -0.1) is 0 Å². The number of benzene rings is 1. The van der Waals surface area contributed by atoms with E-state index in [1.807, 2.05) is 0 Å². The number of aliphatic hydroxyl groups is 2. The van der Waals surface area contributed by atoms with Crippen LogP contribution in [0, 0.1) is 11.8 Å². The van der Waals surface area contributed by atoms with Gasteiger partial charge in [0.1, 0.15) is 5.69 Å². The Morgan fingerprint density at radius 1 is 1.27 bits per heavy atom. The second-order valence-electron chi connectivity index (χ2n) is 6.33. The third-order valence-electron chi connectivity index (χ3n) is 4.24. The Morgan fingerprint density at radius 2 is 1.93 bits per heavy atom. The predicted octanol–water partition coefficient (Wildman–Crippen LogP) is 0.278. The first kappa shape index (κ1) is 22.7. The number of anilines is 1. The minimum Gasteiger partial charge on any atom is -0.493 e. The SMILES string of the molecule is COc1ccc(C#Cc2nc(N(CC(O)CO)C(N)=O)c(C(C)=O)n2C)cc1OC. The summed E-state index contributed by atoms with van der Waals surface area (Å²) in [5.41, 5.74) is 6.10. The molecule has 0 saturated carbocycles. The lowest BCUT2D eigenvalue weighted by molar-refractivity contribution is 0.0993. The highest BCUT2D eigenvalue weighted by atomic mass is 16.5. The number of hydrogen-bond acceptors (Lipinski definition) is 7. The number of Topliss-reactive ketones (excluding diaryl/α,β-unsaturated/α-hetero) is 1. The zero-order valence-electron chi connectivity index (χ0n) is 17.2. The van der Waals surface area contributed by atoms with Gasteiger partial charge in [0, 0.05) is 19.5 Å². The molecule has 10 heteroatoms. The van der Waals surface area contributed by atoms with Gasteiger partial charge in [-0.3, -0.25) is 9.69 Å². The molecule has 30 heavy (non-hydrogen) atoms. The summed E-state index contributed by atoms with van der Waals surface area (Å²) in [5.74, 6) is 6.64. The number of methoxy groups -OCH3 is 2. The molecule has 2 amide bonds. The number of hydrogen-bond donors (Lipinski definition) is 3. The molecule has 2 rings (SSSR count). The van der Waals surface area contributed by atoms with Gasteiger partial charge in [-0.1, -0.05) is 5.92 Å². The summed E-state index contributed by atoms with van der Waals surface area (Å²) >= 11 is 0. The molecule has 4 N–H and O–H groups in total. The van der Waals surface area contributed by atoms with Crippen molar-refractivity contribution in [3.05, 3.63) is 35.3 Å². The molecule has 2 aromatic rings. The van der Waals surface area contributed by atoms with E-state index in [1.165, 1.54) is 25.7 Å². The maximum Gasteiger partial charge on any atom is 0.320 e. The number of primary amides is 1. The van der Waals surface area contributed by atoms with Crippen LogP contribution in [0.3, 0.4) is 0 Å². The highest BCUT2D eigenvalue weighted by Crippen LogP contribution is 2.27. The average Bonchev–Trinajstić information content (AvgIpc) is 3.05. The van der Waals surface area contributed by atoms with Crippen molar-refractivity contribution in [1.82, 2.24) is 9.55 Å². The van der Waals surface area contributed by atoms with Gasteiger partial charge < -0.3 is 30.0 Å². The number of urea groups is 1. The monoisotopic (exact) mass is 416 g/mol. The van der Waals surface area contributed by atoms with Crippen LogP contribution in [0.15, 0.2) is 18.2 Å². The molecule has 0 aliphatic carbocycles. The van der Waals surface area contributed by atoms with Crippen molar-refractivity contribution in [3.8, 4) is 23.3 Å². The van der Waals surface area contributed by atoms with Crippen molar-refractivity contribution in [2.75, 3.05) is 32.3 Å². The third kappa shape index (κ3) is 4.89. The second kappa shape index (κ2) is 9.78. The van der Waals surface area contributed by atoms with Gasteiger partial charge in [0.2, 0.25) is 0 Å². The molecule has 0 radical (unpaired) electrons. The lowest BCUT2D eigenvalue weighted by atomic mass is 10.2. The van der Waals surface area contributed by atoms with E-state index in [1.54, 1.807) is 25.2 Å². The molecule has 0 aliphatic heterocycles. The highest BCUT2D eigenvalue weighted by Gasteiger charge is 2.27. The minimum absolute atomic E-state index is 0.0402. The van der Waals surface area contributed by atoms with Gasteiger partial charge in [0.25, 0.3) is 0 Å². The topological polar surface area (TPSA) is 140 Å². The molecule has 1 atom stereocenters. The molecule has 1 aromatic carbocycles. The Balaban J connectivity index is 2.52. The summed E-state index contributed by atoms with van der Waals surface area (Å²) in [4.78, 5) is 29.3. The number of aromatic nitrogens is 2. The smallest absolute Gasteiger partial charge is 0.320 e. The van der Waals surface area contributed by atoms with Crippen molar-refractivity contribution in [3.63, 3.8) is 0 Å². The minimum atomic E-state index is -1.25. The van der Waals surface area contributed by atoms with Crippen LogP contribution in [-0.2, 0) is 7.05 Å². The van der Waals surface area contributed by atoms with Crippen LogP contribution in [0.25, 0.3) is 0 Å². The van der Waals surface area contributed by atoms with E-state index in [-0.39, 0.29) is 29.7 Å². The van der Waals surface area contributed by atoms with Crippen LogP contribution in [0.5, 0.6) is 11.5 Å². The van der Waals surface area contributed by atoms with Crippen LogP contribution in [0.4, 0.5) is 10.6 Å². The Labute approximate surface area is 173 Å². The Kier molecular flexibility index (Phi) is 7.41. The molecule has 160 valence electrons. The first-order valence-electron chi connectivity index (χ1n) is 8.91. The van der Waals surface area contributed by atoms with Gasteiger partial charge >= 0.3 is 6.03 Å². The summed E-state index contributed by atoms with van der Waals surface area (Å²) in [7, 11) is 4.62. The number of ether oxygens (including phenoxy) is 2. The number of ketones is 1. The number of carbonyl (C=O) groups excluding carboxylic acids is 2. The molecule has 0 fully saturated rings. The van der Waals surface area contributed by atoms with Crippen molar-refractivity contribution in [2.24, 2.45) is 12.8 Å². The van der Waals surface area contributed by atoms with Gasteiger partial charge in [0.15, 0.2) is 28.9 Å². The van der Waals surface area contributed by atoms with Crippen LogP contribution in [0.2, 0.25) is 0 Å². The fourth-order valence-corrected chi connectivity index (χ4v) is 2.77. The zero-order chi connectivity index (χ0) is 22.4. The van der Waals surface area contributed by atoms with Gasteiger partial charge in [-0.2, -0.15) is 0 Å². The standard InChI is InChI=1S/C20H24N4O6/c1-12(26)18-19(24(20(21)28)10-14(27)11-25)22-17(23(18)2)8-6-13-5-7-15(29-3)16(9-13)30-4/h5,7,9,14,25,27H,10-11H2,1-4H3,(H2,21,28). The molecular formula is C20H24N4O6. The first-order chi connectivity index (χ1) is 14.2. The summed E-state index contributed by atoms with van der Waals surface area (Å²) < 4.78 is 11.9. The van der Waals surface area contributed by atoms with Crippen molar-refractivity contribution < 1.29 is 29.3 Å². The van der Waals surface area contributed by atoms with Crippen LogP contribution < -0.4 is 20.1 Å². The summed E-state index contributed by atoms with van der Waals surface area (Å²) in [6.07, 6.45) is -1.25. The largest absolute Gasteiger partial charge is 0.493 e. The van der Waals surface area contributed by atoms with E-state index in [0.717, 1.165) is 4.90 Å². The van der Waals surface area contributed by atoms with Gasteiger partial charge in [-0.05, 0) is 24.1 Å². The maximum atomic E-state index is 12.2. The molecule has 0 bridgehead atoms. The highest BCUT2D eigenvalue weighted by molar-refractivity contribution is 6.02. The second-order valence-corrected chi connectivity index (χ2v) is 6.33. The van der Waals surface area contributed by atoms with Crippen molar-refractivity contribution in [2.45, 2.75) is 13.0 Å².